The second kappa shape index (κ2) is 8.54. The van der Waals surface area contributed by atoms with E-state index in [1.807, 2.05) is 6.07 Å². The highest BCUT2D eigenvalue weighted by Gasteiger charge is 2.28. The molecule has 0 N–H and O–H groups in total. The molecule has 0 radical (unpaired) electrons. The second-order valence-corrected chi connectivity index (χ2v) is 8.29. The average molecular weight is 418 g/mol. The fourth-order valence-corrected chi connectivity index (χ4v) is 4.50. The third-order valence-corrected chi connectivity index (χ3v) is 6.21. The molecule has 0 amide bonds. The van der Waals surface area contributed by atoms with Gasteiger partial charge in [0.1, 0.15) is 11.5 Å². The maximum absolute atomic E-state index is 13.5. The number of nitrogens with zero attached hydrogens (tertiary/aromatic N) is 1. The van der Waals surface area contributed by atoms with E-state index in [0.29, 0.717) is 22.2 Å². The number of rotatable bonds is 7. The van der Waals surface area contributed by atoms with Crippen molar-refractivity contribution < 1.29 is 17.9 Å². The monoisotopic (exact) mass is 417 g/mol. The topological polar surface area (TPSA) is 55.8 Å². The van der Waals surface area contributed by atoms with Gasteiger partial charge in [-0.2, -0.15) is 0 Å². The Morgan fingerprint density at radius 2 is 1.64 bits per heavy atom. The van der Waals surface area contributed by atoms with E-state index in [-0.39, 0.29) is 11.4 Å². The Labute approximate surface area is 170 Å². The first-order valence-electron chi connectivity index (χ1n) is 8.50. The molecule has 0 fully saturated rings. The molecule has 5 nitrogen and oxygen atoms in total. The summed E-state index contributed by atoms with van der Waals surface area (Å²) >= 11 is 6.10. The minimum atomic E-state index is -3.87. The van der Waals surface area contributed by atoms with Crippen molar-refractivity contribution in [2.45, 2.75) is 11.4 Å². The van der Waals surface area contributed by atoms with Gasteiger partial charge in [0, 0.05) is 11.1 Å². The van der Waals surface area contributed by atoms with Gasteiger partial charge >= 0.3 is 0 Å². The Kier molecular flexibility index (Phi) is 6.11. The first-order chi connectivity index (χ1) is 13.5. The quantitative estimate of drug-likeness (QED) is 0.556. The molecule has 3 aromatic carbocycles. The van der Waals surface area contributed by atoms with E-state index < -0.39 is 10.0 Å². The maximum Gasteiger partial charge on any atom is 0.264 e. The highest BCUT2D eigenvalue weighted by Crippen LogP contribution is 2.36. The molecule has 0 heterocycles. The molecule has 0 saturated heterocycles. The Hall–Kier alpha value is -2.70. The number of ether oxygens (including phenoxy) is 2. The van der Waals surface area contributed by atoms with Crippen LogP contribution in [0.2, 0.25) is 5.02 Å². The van der Waals surface area contributed by atoms with E-state index in [1.165, 1.54) is 18.5 Å². The van der Waals surface area contributed by atoms with Crippen molar-refractivity contribution in [3.05, 3.63) is 83.4 Å². The Bertz CT molecular complexity index is 1060. The van der Waals surface area contributed by atoms with E-state index in [4.69, 9.17) is 21.1 Å². The van der Waals surface area contributed by atoms with Gasteiger partial charge in [-0.1, -0.05) is 41.9 Å². The molecule has 0 atom stereocenters. The predicted molar refractivity (Wildman–Crippen MR) is 111 cm³/mol. The zero-order valence-corrected chi connectivity index (χ0v) is 17.1. The molecular formula is C21H20ClNO4S. The Morgan fingerprint density at radius 1 is 0.893 bits per heavy atom. The standard InChI is InChI=1S/C21H20ClNO4S/c1-26-18-11-12-21(27-2)20(14-18)23(15-16-7-6-8-17(22)13-16)28(24,25)19-9-4-3-5-10-19/h3-14H,15H2,1-2H3. The van der Waals surface area contributed by atoms with Crippen molar-refractivity contribution in [3.63, 3.8) is 0 Å². The lowest BCUT2D eigenvalue weighted by Gasteiger charge is -2.26. The third kappa shape index (κ3) is 4.24. The zero-order chi connectivity index (χ0) is 20.1. The van der Waals surface area contributed by atoms with Crippen LogP contribution >= 0.6 is 11.6 Å². The van der Waals surface area contributed by atoms with Crippen molar-refractivity contribution in [1.82, 2.24) is 0 Å². The molecule has 0 aliphatic heterocycles. The fraction of sp³-hybridized carbons (Fsp3) is 0.143. The van der Waals surface area contributed by atoms with Crippen molar-refractivity contribution in [2.75, 3.05) is 18.5 Å². The average Bonchev–Trinajstić information content (AvgIpc) is 2.72. The van der Waals surface area contributed by atoms with E-state index in [9.17, 15) is 8.42 Å². The number of anilines is 1. The number of hydrogen-bond donors (Lipinski definition) is 0. The lowest BCUT2D eigenvalue weighted by Crippen LogP contribution is -2.31. The number of halogens is 1. The fourth-order valence-electron chi connectivity index (χ4n) is 2.81. The van der Waals surface area contributed by atoms with Gasteiger partial charge in [-0.15, -0.1) is 0 Å². The minimum absolute atomic E-state index is 0.0846. The van der Waals surface area contributed by atoms with Crippen molar-refractivity contribution in [2.24, 2.45) is 0 Å². The van der Waals surface area contributed by atoms with Gasteiger partial charge in [0.05, 0.1) is 31.3 Å². The summed E-state index contributed by atoms with van der Waals surface area (Å²) in [6, 6.07) is 20.4. The van der Waals surface area contributed by atoms with Crippen LogP contribution < -0.4 is 13.8 Å². The molecule has 0 unspecified atom stereocenters. The number of hydrogen-bond acceptors (Lipinski definition) is 4. The first-order valence-corrected chi connectivity index (χ1v) is 10.3. The Balaban J connectivity index is 2.18. The molecule has 0 aliphatic carbocycles. The van der Waals surface area contributed by atoms with E-state index in [2.05, 4.69) is 0 Å². The van der Waals surface area contributed by atoms with Crippen LogP contribution in [-0.4, -0.2) is 22.6 Å². The van der Waals surface area contributed by atoms with Crippen LogP contribution in [0.5, 0.6) is 11.5 Å². The second-order valence-electron chi connectivity index (χ2n) is 5.99. The van der Waals surface area contributed by atoms with Crippen LogP contribution in [0.15, 0.2) is 77.7 Å². The van der Waals surface area contributed by atoms with Gasteiger partial charge < -0.3 is 9.47 Å². The molecule has 0 bridgehead atoms. The minimum Gasteiger partial charge on any atom is -0.497 e. The summed E-state index contributed by atoms with van der Waals surface area (Å²) in [5.41, 5.74) is 1.13. The van der Waals surface area contributed by atoms with Crippen LogP contribution in [0.3, 0.4) is 0 Å². The van der Waals surface area contributed by atoms with Crippen LogP contribution in [0.1, 0.15) is 5.56 Å². The molecule has 0 saturated carbocycles. The van der Waals surface area contributed by atoms with E-state index >= 15 is 0 Å². The molecule has 3 rings (SSSR count). The lowest BCUT2D eigenvalue weighted by atomic mass is 10.2. The largest absolute Gasteiger partial charge is 0.497 e. The van der Waals surface area contributed by atoms with Crippen LogP contribution in [0, 0.1) is 0 Å². The molecule has 3 aromatic rings. The first kappa shape index (κ1) is 20.0. The van der Waals surface area contributed by atoms with Gasteiger partial charge in [-0.25, -0.2) is 8.42 Å². The molecule has 7 heteroatoms. The summed E-state index contributed by atoms with van der Waals surface area (Å²) in [6.45, 7) is 0.0846. The van der Waals surface area contributed by atoms with E-state index in [0.717, 1.165) is 5.56 Å². The summed E-state index contributed by atoms with van der Waals surface area (Å²) in [6.07, 6.45) is 0. The summed E-state index contributed by atoms with van der Waals surface area (Å²) in [7, 11) is -0.844. The highest BCUT2D eigenvalue weighted by molar-refractivity contribution is 7.92. The predicted octanol–water partition coefficient (Wildman–Crippen LogP) is 4.75. The maximum atomic E-state index is 13.5. The molecule has 0 spiro atoms. The SMILES string of the molecule is COc1ccc(OC)c(N(Cc2cccc(Cl)c2)S(=O)(=O)c2ccccc2)c1. The summed E-state index contributed by atoms with van der Waals surface area (Å²) in [5.74, 6) is 0.942. The Morgan fingerprint density at radius 3 is 2.29 bits per heavy atom. The smallest absolute Gasteiger partial charge is 0.264 e. The third-order valence-electron chi connectivity index (χ3n) is 4.20. The van der Waals surface area contributed by atoms with Gasteiger partial charge in [-0.05, 0) is 42.0 Å². The van der Waals surface area contributed by atoms with Gasteiger partial charge in [0.2, 0.25) is 0 Å². The van der Waals surface area contributed by atoms with Gasteiger partial charge in [0.25, 0.3) is 10.0 Å². The molecule has 0 aliphatic rings. The summed E-state index contributed by atoms with van der Waals surface area (Å²) in [4.78, 5) is 0.182. The number of benzene rings is 3. The molecule has 146 valence electrons. The van der Waals surface area contributed by atoms with Crippen LogP contribution in [0.4, 0.5) is 5.69 Å². The van der Waals surface area contributed by atoms with Crippen LogP contribution in [0.25, 0.3) is 0 Å². The van der Waals surface area contributed by atoms with Gasteiger partial charge in [-0.3, -0.25) is 4.31 Å². The summed E-state index contributed by atoms with van der Waals surface area (Å²) in [5, 5.41) is 0.534. The van der Waals surface area contributed by atoms with E-state index in [1.54, 1.807) is 66.7 Å². The molecular weight excluding hydrogens is 398 g/mol. The molecule has 28 heavy (non-hydrogen) atoms. The number of sulfonamides is 1. The van der Waals surface area contributed by atoms with Crippen molar-refractivity contribution in [1.29, 1.82) is 0 Å². The number of methoxy groups -OCH3 is 2. The normalized spacial score (nSPS) is 11.1. The van der Waals surface area contributed by atoms with Crippen LogP contribution in [-0.2, 0) is 16.6 Å². The van der Waals surface area contributed by atoms with Crippen molar-refractivity contribution >= 4 is 27.3 Å². The molecule has 0 aromatic heterocycles. The highest BCUT2D eigenvalue weighted by atomic mass is 35.5. The zero-order valence-electron chi connectivity index (χ0n) is 15.5. The lowest BCUT2D eigenvalue weighted by molar-refractivity contribution is 0.403. The van der Waals surface area contributed by atoms with Crippen molar-refractivity contribution in [3.8, 4) is 11.5 Å². The van der Waals surface area contributed by atoms with Gasteiger partial charge in [0.15, 0.2) is 0 Å². The summed E-state index contributed by atoms with van der Waals surface area (Å²) < 4.78 is 39.0.